The summed E-state index contributed by atoms with van der Waals surface area (Å²) in [6.07, 6.45) is 65.2. The molecule has 13 heteroatoms. The SMILES string of the molecule is CC/C=C\C/C=C\C/C=C\C/C=C\C/C=C\C/C=C\CCCCCCCCCOCC(COC1OC(CO)C(O)C(OS(=O)(=O)O)C1O)OC(=O)CCCCCCCCCCCCCCCCCCCCCCCCCCC. The van der Waals surface area contributed by atoms with Crippen LogP contribution >= 0.6 is 0 Å². The van der Waals surface area contributed by atoms with Gasteiger partial charge < -0.3 is 34.3 Å². The van der Waals surface area contributed by atoms with E-state index in [0.717, 1.165) is 89.9 Å². The van der Waals surface area contributed by atoms with Crippen LogP contribution in [0.25, 0.3) is 0 Å². The Bertz CT molecular complexity index is 1630. The second-order valence-electron chi connectivity index (χ2n) is 21.6. The maximum Gasteiger partial charge on any atom is 0.397 e. The summed E-state index contributed by atoms with van der Waals surface area (Å²) in [5.74, 6) is -0.400. The molecule has 1 aliphatic heterocycles. The molecular weight excluding hydrogens is 1000 g/mol. The minimum absolute atomic E-state index is 0.0274. The number of esters is 1. The lowest BCUT2D eigenvalue weighted by Crippen LogP contribution is -2.60. The van der Waals surface area contributed by atoms with Gasteiger partial charge in [0, 0.05) is 13.0 Å². The Morgan fingerprint density at radius 1 is 0.500 bits per heavy atom. The van der Waals surface area contributed by atoms with Crippen LogP contribution in [0, 0.1) is 0 Å². The smallest absolute Gasteiger partial charge is 0.397 e. The minimum Gasteiger partial charge on any atom is -0.457 e. The predicted molar refractivity (Wildman–Crippen MR) is 322 cm³/mol. The predicted octanol–water partition coefficient (Wildman–Crippen LogP) is 16.5. The number of carbonyl (C=O) groups is 1. The first-order chi connectivity index (χ1) is 38.1. The van der Waals surface area contributed by atoms with Gasteiger partial charge in [-0.1, -0.05) is 273 Å². The van der Waals surface area contributed by atoms with Gasteiger partial charge in [-0.05, 0) is 64.2 Å². The summed E-state index contributed by atoms with van der Waals surface area (Å²) >= 11 is 0. The highest BCUT2D eigenvalue weighted by Crippen LogP contribution is 2.26. The van der Waals surface area contributed by atoms with Crippen LogP contribution in [0.5, 0.6) is 0 Å². The number of hydrogen-bond donors (Lipinski definition) is 4. The van der Waals surface area contributed by atoms with Gasteiger partial charge in [0.2, 0.25) is 0 Å². The van der Waals surface area contributed by atoms with Crippen LogP contribution in [-0.2, 0) is 38.3 Å². The molecular formula is C65H116O12S. The van der Waals surface area contributed by atoms with Crippen molar-refractivity contribution in [3.8, 4) is 0 Å². The van der Waals surface area contributed by atoms with Crippen LogP contribution in [0.3, 0.4) is 0 Å². The summed E-state index contributed by atoms with van der Waals surface area (Å²) in [7, 11) is -5.07. The number of hydrogen-bond acceptors (Lipinski definition) is 11. The maximum atomic E-state index is 13.0. The molecule has 0 spiro atoms. The summed E-state index contributed by atoms with van der Waals surface area (Å²) < 4.78 is 59.6. The summed E-state index contributed by atoms with van der Waals surface area (Å²) in [6, 6.07) is 0. The molecule has 454 valence electrons. The van der Waals surface area contributed by atoms with E-state index < -0.39 is 59.8 Å². The fourth-order valence-electron chi connectivity index (χ4n) is 9.62. The van der Waals surface area contributed by atoms with E-state index in [9.17, 15) is 33.1 Å². The Morgan fingerprint density at radius 2 is 0.885 bits per heavy atom. The number of allylic oxidation sites excluding steroid dienone is 12. The molecule has 1 aliphatic rings. The lowest BCUT2D eigenvalue weighted by atomic mass is 9.99. The monoisotopic (exact) mass is 1120 g/mol. The summed E-state index contributed by atoms with van der Waals surface area (Å²) in [4.78, 5) is 13.0. The second-order valence-corrected chi connectivity index (χ2v) is 22.7. The van der Waals surface area contributed by atoms with Gasteiger partial charge in [-0.15, -0.1) is 0 Å². The Labute approximate surface area is 477 Å². The fraction of sp³-hybridized carbons (Fsp3) is 0.800. The van der Waals surface area contributed by atoms with Crippen molar-refractivity contribution in [2.75, 3.05) is 26.4 Å². The average molecular weight is 1120 g/mol. The van der Waals surface area contributed by atoms with Crippen molar-refractivity contribution in [3.63, 3.8) is 0 Å². The number of unbranched alkanes of at least 4 members (excludes halogenated alkanes) is 31. The standard InChI is InChI=1S/C65H116O12S/c1-3-5-7-9-11-13-15-17-19-21-23-25-27-29-31-33-35-37-39-41-43-45-47-49-51-53-55-73-57-59(58-74-65-63(69)64(77-78(70,71)72)62(68)60(56-66)76-65)75-61(67)54-52-50-48-46-44-42-40-38-36-34-32-30-28-26-24-22-20-18-16-14-12-10-8-6-4-2/h5,7,11,13,17,19,23,25,29,31,35,37,59-60,62-66,68-69H,3-4,6,8-10,12,14-16,18,20-22,24,26-28,30,32-34,36,38-58H2,1-2H3,(H,70,71,72)/b7-5-,13-11-,19-17-,25-23-,31-29-,37-35-. The van der Waals surface area contributed by atoms with E-state index in [1.165, 1.54) is 154 Å². The molecule has 0 radical (unpaired) electrons. The van der Waals surface area contributed by atoms with Crippen molar-refractivity contribution >= 4 is 16.4 Å². The van der Waals surface area contributed by atoms with E-state index in [0.29, 0.717) is 13.0 Å². The molecule has 1 saturated heterocycles. The number of rotatable bonds is 56. The lowest BCUT2D eigenvalue weighted by Gasteiger charge is -2.41. The van der Waals surface area contributed by atoms with Gasteiger partial charge in [-0.2, -0.15) is 8.42 Å². The molecule has 1 rings (SSSR count). The van der Waals surface area contributed by atoms with Crippen LogP contribution < -0.4 is 0 Å². The molecule has 0 saturated carbocycles. The fourth-order valence-corrected chi connectivity index (χ4v) is 10.1. The first-order valence-electron chi connectivity index (χ1n) is 31.7. The molecule has 0 amide bonds. The van der Waals surface area contributed by atoms with Crippen LogP contribution in [0.2, 0.25) is 0 Å². The Morgan fingerprint density at radius 3 is 1.29 bits per heavy atom. The second kappa shape index (κ2) is 55.1. The maximum absolute atomic E-state index is 13.0. The Kier molecular flexibility index (Phi) is 52.0. The van der Waals surface area contributed by atoms with E-state index >= 15 is 0 Å². The lowest BCUT2D eigenvalue weighted by molar-refractivity contribution is -0.301. The van der Waals surface area contributed by atoms with E-state index in [2.05, 4.69) is 90.9 Å². The first-order valence-corrected chi connectivity index (χ1v) is 33.1. The van der Waals surface area contributed by atoms with Crippen molar-refractivity contribution < 1.29 is 56.2 Å². The average Bonchev–Trinajstić information content (AvgIpc) is 3.42. The number of aliphatic hydroxyl groups is 3. The highest BCUT2D eigenvalue weighted by Gasteiger charge is 2.48. The molecule has 6 unspecified atom stereocenters. The van der Waals surface area contributed by atoms with Gasteiger partial charge in [0.15, 0.2) is 6.29 Å². The highest BCUT2D eigenvalue weighted by atomic mass is 32.3. The quantitative estimate of drug-likeness (QED) is 0.0196. The van der Waals surface area contributed by atoms with Crippen LogP contribution in [0.15, 0.2) is 72.9 Å². The summed E-state index contributed by atoms with van der Waals surface area (Å²) in [5, 5.41) is 30.9. The molecule has 0 aliphatic carbocycles. The summed E-state index contributed by atoms with van der Waals surface area (Å²) in [5.41, 5.74) is 0. The Hall–Kier alpha value is -2.46. The molecule has 6 atom stereocenters. The zero-order valence-electron chi connectivity index (χ0n) is 49.5. The molecule has 0 bridgehead atoms. The van der Waals surface area contributed by atoms with E-state index in [-0.39, 0.29) is 19.6 Å². The van der Waals surface area contributed by atoms with E-state index in [1.54, 1.807) is 0 Å². The van der Waals surface area contributed by atoms with Gasteiger partial charge in [0.05, 0.1) is 19.8 Å². The third-order valence-corrected chi connectivity index (χ3v) is 14.8. The molecule has 0 aromatic heterocycles. The third-order valence-electron chi connectivity index (χ3n) is 14.3. The molecule has 12 nitrogen and oxygen atoms in total. The van der Waals surface area contributed by atoms with Gasteiger partial charge in [-0.25, -0.2) is 4.18 Å². The highest BCUT2D eigenvalue weighted by molar-refractivity contribution is 7.80. The molecule has 4 N–H and O–H groups in total. The van der Waals surface area contributed by atoms with E-state index in [1.807, 2.05) is 0 Å². The molecule has 1 heterocycles. The van der Waals surface area contributed by atoms with Crippen LogP contribution in [-0.4, -0.2) is 97.5 Å². The molecule has 78 heavy (non-hydrogen) atoms. The van der Waals surface area contributed by atoms with Crippen molar-refractivity contribution in [2.24, 2.45) is 0 Å². The minimum atomic E-state index is -5.07. The van der Waals surface area contributed by atoms with Gasteiger partial charge in [0.1, 0.15) is 30.5 Å². The van der Waals surface area contributed by atoms with Crippen molar-refractivity contribution in [1.82, 2.24) is 0 Å². The Balaban J connectivity index is 2.27. The van der Waals surface area contributed by atoms with Gasteiger partial charge >= 0.3 is 16.4 Å². The van der Waals surface area contributed by atoms with Gasteiger partial charge in [-0.3, -0.25) is 9.35 Å². The zero-order valence-corrected chi connectivity index (χ0v) is 50.3. The summed E-state index contributed by atoms with van der Waals surface area (Å²) in [6.45, 7) is 3.90. The number of ether oxygens (including phenoxy) is 4. The topological polar surface area (TPSA) is 178 Å². The van der Waals surface area contributed by atoms with Crippen molar-refractivity contribution in [3.05, 3.63) is 72.9 Å². The van der Waals surface area contributed by atoms with Crippen molar-refractivity contribution in [1.29, 1.82) is 0 Å². The van der Waals surface area contributed by atoms with Crippen LogP contribution in [0.1, 0.15) is 271 Å². The molecule has 0 aromatic rings. The largest absolute Gasteiger partial charge is 0.457 e. The first kappa shape index (κ1) is 73.6. The van der Waals surface area contributed by atoms with E-state index in [4.69, 9.17) is 18.9 Å². The third kappa shape index (κ3) is 47.2. The normalized spacial score (nSPS) is 18.9. The molecule has 0 aromatic carbocycles. The van der Waals surface area contributed by atoms with Crippen molar-refractivity contribution in [2.45, 2.75) is 307 Å². The van der Waals surface area contributed by atoms with Crippen LogP contribution in [0.4, 0.5) is 0 Å². The number of carbonyl (C=O) groups excluding carboxylic acids is 1. The van der Waals surface area contributed by atoms with Gasteiger partial charge in [0.25, 0.3) is 0 Å². The number of aliphatic hydroxyl groups excluding tert-OH is 3. The zero-order chi connectivity index (χ0) is 56.7. The molecule has 1 fully saturated rings.